The van der Waals surface area contributed by atoms with E-state index in [9.17, 15) is 5.11 Å². The largest absolute Gasteiger partial charge is 0.388 e. The molecule has 1 aliphatic rings. The summed E-state index contributed by atoms with van der Waals surface area (Å²) in [6.45, 7) is 7.93. The van der Waals surface area contributed by atoms with Gasteiger partial charge in [0.25, 0.3) is 0 Å². The average molecular weight is 260 g/mol. The van der Waals surface area contributed by atoms with E-state index in [1.165, 1.54) is 17.9 Å². The first-order valence-electron chi connectivity index (χ1n) is 6.38. The van der Waals surface area contributed by atoms with E-state index in [0.717, 1.165) is 0 Å². The van der Waals surface area contributed by atoms with Gasteiger partial charge in [0, 0.05) is 24.9 Å². The first-order chi connectivity index (χ1) is 7.70. The van der Waals surface area contributed by atoms with Crippen LogP contribution in [0, 0.1) is 5.41 Å². The smallest absolute Gasteiger partial charge is 0.0869 e. The normalized spacial score (nSPS) is 28.1. The highest BCUT2D eigenvalue weighted by Crippen LogP contribution is 2.33. The van der Waals surface area contributed by atoms with E-state index in [-0.39, 0.29) is 0 Å². The number of aliphatic hydroxyl groups is 1. The molecule has 0 saturated carbocycles. The number of likely N-dealkylation sites (N-methyl/N-ethyl adjacent to an activating group) is 1. The first kappa shape index (κ1) is 15.3. The van der Waals surface area contributed by atoms with Crippen molar-refractivity contribution in [3.63, 3.8) is 0 Å². The third-order valence-electron chi connectivity index (χ3n) is 3.04. The highest BCUT2D eigenvalue weighted by atomic mass is 32.2. The molecular formula is C13H28N2OS. The first-order valence-corrected chi connectivity index (χ1v) is 7.54. The van der Waals surface area contributed by atoms with Crippen molar-refractivity contribution < 1.29 is 5.11 Å². The molecule has 0 aliphatic carbocycles. The van der Waals surface area contributed by atoms with Crippen molar-refractivity contribution >= 4 is 11.8 Å². The maximum Gasteiger partial charge on any atom is 0.0869 e. The van der Waals surface area contributed by atoms with Crippen molar-refractivity contribution in [2.75, 3.05) is 38.7 Å². The van der Waals surface area contributed by atoms with Gasteiger partial charge in [-0.25, -0.2) is 0 Å². The molecule has 102 valence electrons. The van der Waals surface area contributed by atoms with Gasteiger partial charge in [0.2, 0.25) is 0 Å². The number of hydrogen-bond donors (Lipinski definition) is 2. The lowest BCUT2D eigenvalue weighted by atomic mass is 9.87. The summed E-state index contributed by atoms with van der Waals surface area (Å²) in [5.74, 6) is 2.42. The Morgan fingerprint density at radius 3 is 2.65 bits per heavy atom. The summed E-state index contributed by atoms with van der Waals surface area (Å²) < 4.78 is 0. The lowest BCUT2D eigenvalue weighted by molar-refractivity contribution is 0.0306. The van der Waals surface area contributed by atoms with E-state index in [1.54, 1.807) is 0 Å². The Balaban J connectivity index is 2.35. The van der Waals surface area contributed by atoms with Crippen LogP contribution in [-0.4, -0.2) is 60.3 Å². The average Bonchev–Trinajstić information content (AvgIpc) is 2.11. The van der Waals surface area contributed by atoms with Crippen LogP contribution in [0.15, 0.2) is 0 Å². The minimum absolute atomic E-state index is 0.425. The Bertz CT molecular complexity index is 242. The van der Waals surface area contributed by atoms with Crippen LogP contribution in [0.25, 0.3) is 0 Å². The molecule has 1 rings (SSSR count). The van der Waals surface area contributed by atoms with Crippen molar-refractivity contribution in [2.45, 2.75) is 38.8 Å². The molecule has 0 amide bonds. The fraction of sp³-hybridized carbons (Fsp3) is 1.00. The quantitative estimate of drug-likeness (QED) is 0.784. The van der Waals surface area contributed by atoms with E-state index in [4.69, 9.17) is 0 Å². The second kappa shape index (κ2) is 5.91. The number of hydrogen-bond acceptors (Lipinski definition) is 4. The summed E-state index contributed by atoms with van der Waals surface area (Å²) in [7, 11) is 3.99. The molecule has 1 saturated heterocycles. The van der Waals surface area contributed by atoms with Crippen LogP contribution < -0.4 is 5.32 Å². The van der Waals surface area contributed by atoms with Gasteiger partial charge in [0.05, 0.1) is 5.60 Å². The summed E-state index contributed by atoms with van der Waals surface area (Å²) in [6, 6.07) is 0.539. The molecule has 1 heterocycles. The third kappa shape index (κ3) is 6.09. The lowest BCUT2D eigenvalue weighted by Gasteiger charge is -2.37. The minimum Gasteiger partial charge on any atom is -0.388 e. The highest BCUT2D eigenvalue weighted by Gasteiger charge is 2.30. The molecule has 3 nitrogen and oxygen atoms in total. The van der Waals surface area contributed by atoms with Gasteiger partial charge in [-0.15, -0.1) is 0 Å². The van der Waals surface area contributed by atoms with E-state index in [2.05, 4.69) is 19.2 Å². The Kier molecular flexibility index (Phi) is 5.32. The van der Waals surface area contributed by atoms with Crippen LogP contribution in [0.4, 0.5) is 0 Å². The molecule has 0 spiro atoms. The Morgan fingerprint density at radius 1 is 1.47 bits per heavy atom. The standard InChI is InChI=1S/C13H28N2OS/c1-12(2)6-11(7-17-10-12)14-8-13(3,16)9-15(4)5/h11,14,16H,6-10H2,1-5H3. The number of thioether (sulfide) groups is 1. The molecule has 2 unspecified atom stereocenters. The number of rotatable bonds is 5. The summed E-state index contributed by atoms with van der Waals surface area (Å²) in [6.07, 6.45) is 1.21. The van der Waals surface area contributed by atoms with Crippen molar-refractivity contribution in [1.82, 2.24) is 10.2 Å². The molecular weight excluding hydrogens is 232 g/mol. The second-order valence-corrected chi connectivity index (χ2v) is 7.73. The van der Waals surface area contributed by atoms with E-state index in [0.29, 0.717) is 24.5 Å². The summed E-state index contributed by atoms with van der Waals surface area (Å²) in [5, 5.41) is 13.8. The molecule has 17 heavy (non-hydrogen) atoms. The topological polar surface area (TPSA) is 35.5 Å². The highest BCUT2D eigenvalue weighted by molar-refractivity contribution is 7.99. The van der Waals surface area contributed by atoms with Gasteiger partial charge in [-0.2, -0.15) is 11.8 Å². The van der Waals surface area contributed by atoms with Crippen LogP contribution in [0.3, 0.4) is 0 Å². The molecule has 2 N–H and O–H groups in total. The van der Waals surface area contributed by atoms with Gasteiger partial charge in [-0.05, 0) is 38.6 Å². The number of nitrogens with zero attached hydrogens (tertiary/aromatic N) is 1. The molecule has 2 atom stereocenters. The zero-order chi connectivity index (χ0) is 13.1. The summed E-state index contributed by atoms with van der Waals surface area (Å²) in [5.41, 5.74) is -0.219. The molecule has 0 bridgehead atoms. The SMILES string of the molecule is CN(C)CC(C)(O)CNC1CSCC(C)(C)C1. The molecule has 1 aliphatic heterocycles. The van der Waals surface area contributed by atoms with Crippen molar-refractivity contribution in [3.05, 3.63) is 0 Å². The van der Waals surface area contributed by atoms with Crippen LogP contribution in [0.5, 0.6) is 0 Å². The maximum atomic E-state index is 10.2. The van der Waals surface area contributed by atoms with Crippen LogP contribution in [-0.2, 0) is 0 Å². The minimum atomic E-state index is -0.643. The number of nitrogens with one attached hydrogen (secondary N) is 1. The Hall–Kier alpha value is 0.230. The Labute approximate surface area is 110 Å². The molecule has 0 aromatic rings. The molecule has 0 aromatic heterocycles. The van der Waals surface area contributed by atoms with Gasteiger partial charge in [-0.1, -0.05) is 13.8 Å². The van der Waals surface area contributed by atoms with Crippen LogP contribution in [0.1, 0.15) is 27.2 Å². The Morgan fingerprint density at radius 2 is 2.12 bits per heavy atom. The van der Waals surface area contributed by atoms with E-state index in [1.807, 2.05) is 37.7 Å². The summed E-state index contributed by atoms with van der Waals surface area (Å²) >= 11 is 2.02. The monoisotopic (exact) mass is 260 g/mol. The fourth-order valence-corrected chi connectivity index (χ4v) is 3.80. The molecule has 0 aromatic carbocycles. The van der Waals surface area contributed by atoms with E-state index >= 15 is 0 Å². The maximum absolute atomic E-state index is 10.2. The zero-order valence-electron chi connectivity index (χ0n) is 11.9. The lowest BCUT2D eigenvalue weighted by Crippen LogP contribution is -2.50. The summed E-state index contributed by atoms with van der Waals surface area (Å²) in [4.78, 5) is 2.03. The van der Waals surface area contributed by atoms with Gasteiger partial charge < -0.3 is 15.3 Å². The van der Waals surface area contributed by atoms with Gasteiger partial charge >= 0.3 is 0 Å². The third-order valence-corrected chi connectivity index (χ3v) is 4.66. The van der Waals surface area contributed by atoms with Crippen LogP contribution in [0.2, 0.25) is 0 Å². The van der Waals surface area contributed by atoms with Crippen molar-refractivity contribution in [2.24, 2.45) is 5.41 Å². The fourth-order valence-electron chi connectivity index (χ4n) is 2.49. The van der Waals surface area contributed by atoms with Gasteiger partial charge in [0.15, 0.2) is 0 Å². The predicted octanol–water partition coefficient (Wildman–Crippen LogP) is 1.42. The predicted molar refractivity (Wildman–Crippen MR) is 76.7 cm³/mol. The zero-order valence-corrected chi connectivity index (χ0v) is 12.7. The van der Waals surface area contributed by atoms with E-state index < -0.39 is 5.60 Å². The van der Waals surface area contributed by atoms with Crippen molar-refractivity contribution in [1.29, 1.82) is 0 Å². The van der Waals surface area contributed by atoms with Crippen LogP contribution >= 0.6 is 11.8 Å². The van der Waals surface area contributed by atoms with Gasteiger partial charge in [-0.3, -0.25) is 0 Å². The second-order valence-electron chi connectivity index (χ2n) is 6.70. The molecule has 1 fully saturated rings. The molecule has 4 heteroatoms. The van der Waals surface area contributed by atoms with Crippen molar-refractivity contribution in [3.8, 4) is 0 Å². The van der Waals surface area contributed by atoms with Gasteiger partial charge in [0.1, 0.15) is 0 Å². The molecule has 0 radical (unpaired) electrons.